The van der Waals surface area contributed by atoms with E-state index in [1.807, 2.05) is 31.4 Å². The monoisotopic (exact) mass is 503 g/mol. The zero-order valence-electron chi connectivity index (χ0n) is 20.7. The number of nitrogens with zero attached hydrogens (tertiary/aromatic N) is 4. The SMILES string of the molecule is CN1CC=C(c2ncc(-c3ccc4ncc5c(c4c3)C3(CCC3)C(=O)N5C)cc2NS(C)(=O)=O)CC1. The van der Waals surface area contributed by atoms with Gasteiger partial charge in [0.2, 0.25) is 15.9 Å². The number of aromatic nitrogens is 2. The van der Waals surface area contributed by atoms with Crippen LogP contribution in [-0.4, -0.2) is 62.6 Å². The fourth-order valence-corrected chi connectivity index (χ4v) is 6.35. The van der Waals surface area contributed by atoms with Crippen molar-refractivity contribution >= 4 is 43.8 Å². The van der Waals surface area contributed by atoms with Crippen LogP contribution in [0.5, 0.6) is 0 Å². The molecule has 4 heterocycles. The van der Waals surface area contributed by atoms with Gasteiger partial charge >= 0.3 is 0 Å². The number of hydrogen-bond donors (Lipinski definition) is 1. The number of rotatable bonds is 4. The Morgan fingerprint density at radius 3 is 2.53 bits per heavy atom. The average molecular weight is 504 g/mol. The number of nitrogens with one attached hydrogen (secondary N) is 1. The molecule has 6 rings (SSSR count). The molecule has 2 aliphatic heterocycles. The second-order valence-electron chi connectivity index (χ2n) is 10.3. The zero-order chi connectivity index (χ0) is 25.2. The van der Waals surface area contributed by atoms with E-state index in [-0.39, 0.29) is 5.91 Å². The van der Waals surface area contributed by atoms with Crippen LogP contribution in [0, 0.1) is 0 Å². The third kappa shape index (κ3) is 3.60. The molecule has 1 fully saturated rings. The Bertz CT molecular complexity index is 1560. The molecule has 3 aliphatic rings. The summed E-state index contributed by atoms with van der Waals surface area (Å²) in [7, 11) is 0.393. The standard InChI is InChI=1S/C27H29N5O3S/c1-31-11-7-17(8-12-31)25-22(30-36(3,34)35)14-19(15-29-25)18-5-6-21-20(13-18)24-23(16-28-21)32(2)26(33)27(24)9-4-10-27/h5-7,13-16,30H,4,8-12H2,1-3H3. The van der Waals surface area contributed by atoms with Gasteiger partial charge in [0.05, 0.1) is 40.5 Å². The minimum absolute atomic E-state index is 0.153. The molecule has 0 bridgehead atoms. The van der Waals surface area contributed by atoms with Gasteiger partial charge in [0, 0.05) is 42.8 Å². The Morgan fingerprint density at radius 1 is 1.06 bits per heavy atom. The molecule has 0 saturated heterocycles. The summed E-state index contributed by atoms with van der Waals surface area (Å²) in [6.45, 7) is 1.69. The molecule has 3 aromatic rings. The molecular weight excluding hydrogens is 474 g/mol. The molecule has 186 valence electrons. The Morgan fingerprint density at radius 2 is 1.86 bits per heavy atom. The molecule has 0 radical (unpaired) electrons. The average Bonchev–Trinajstić information content (AvgIpc) is 3.06. The van der Waals surface area contributed by atoms with E-state index in [9.17, 15) is 13.2 Å². The van der Waals surface area contributed by atoms with Crippen LogP contribution in [0.4, 0.5) is 11.4 Å². The third-order valence-electron chi connectivity index (χ3n) is 7.84. The summed E-state index contributed by atoms with van der Waals surface area (Å²) in [5, 5.41) is 0.974. The quantitative estimate of drug-likeness (QED) is 0.582. The van der Waals surface area contributed by atoms with Gasteiger partial charge in [0.15, 0.2) is 0 Å². The largest absolute Gasteiger partial charge is 0.313 e. The fraction of sp³-hybridized carbons (Fsp3) is 0.370. The molecule has 1 spiro atoms. The molecular formula is C27H29N5O3S. The van der Waals surface area contributed by atoms with Crippen LogP contribution in [0.1, 0.15) is 36.9 Å². The highest BCUT2D eigenvalue weighted by Gasteiger charge is 2.54. The van der Waals surface area contributed by atoms with E-state index in [0.717, 1.165) is 83.9 Å². The Balaban J connectivity index is 1.49. The Kier molecular flexibility index (Phi) is 5.21. The van der Waals surface area contributed by atoms with Crippen molar-refractivity contribution in [2.24, 2.45) is 0 Å². The smallest absolute Gasteiger partial charge is 0.237 e. The molecule has 1 aliphatic carbocycles. The molecule has 2 aromatic heterocycles. The topological polar surface area (TPSA) is 95.5 Å². The summed E-state index contributed by atoms with van der Waals surface area (Å²) in [5.41, 5.74) is 6.25. The van der Waals surface area contributed by atoms with Crippen LogP contribution in [0.15, 0.2) is 42.7 Å². The summed E-state index contributed by atoms with van der Waals surface area (Å²) in [6.07, 6.45) is 10.4. The highest BCUT2D eigenvalue weighted by Crippen LogP contribution is 2.55. The van der Waals surface area contributed by atoms with Crippen molar-refractivity contribution in [1.29, 1.82) is 0 Å². The van der Waals surface area contributed by atoms with Gasteiger partial charge in [-0.05, 0) is 55.6 Å². The number of carbonyl (C=O) groups is 1. The number of pyridine rings is 2. The minimum Gasteiger partial charge on any atom is -0.313 e. The molecule has 8 nitrogen and oxygen atoms in total. The lowest BCUT2D eigenvalue weighted by atomic mass is 9.64. The van der Waals surface area contributed by atoms with Crippen molar-refractivity contribution < 1.29 is 13.2 Å². The first-order chi connectivity index (χ1) is 17.2. The lowest BCUT2D eigenvalue weighted by molar-refractivity contribution is -0.125. The molecule has 9 heteroatoms. The normalized spacial score (nSPS) is 19.4. The number of hydrogen-bond acceptors (Lipinski definition) is 6. The summed E-state index contributed by atoms with van der Waals surface area (Å²) >= 11 is 0. The van der Waals surface area contributed by atoms with E-state index in [1.165, 1.54) is 0 Å². The number of benzene rings is 1. The lowest BCUT2D eigenvalue weighted by Crippen LogP contribution is -2.43. The molecule has 1 amide bonds. The number of likely N-dealkylation sites (N-methyl/N-ethyl adjacent to an activating group) is 2. The van der Waals surface area contributed by atoms with Crippen LogP contribution in [0.25, 0.3) is 27.6 Å². The maximum Gasteiger partial charge on any atom is 0.237 e. The second kappa shape index (κ2) is 8.11. The van der Waals surface area contributed by atoms with Crippen molar-refractivity contribution in [3.8, 4) is 11.1 Å². The van der Waals surface area contributed by atoms with Gasteiger partial charge in [-0.25, -0.2) is 8.42 Å². The number of fused-ring (bicyclic) bond motifs is 4. The van der Waals surface area contributed by atoms with Crippen LogP contribution >= 0.6 is 0 Å². The van der Waals surface area contributed by atoms with Gasteiger partial charge in [-0.1, -0.05) is 18.6 Å². The molecule has 1 N–H and O–H groups in total. The van der Waals surface area contributed by atoms with Gasteiger partial charge < -0.3 is 9.80 Å². The summed E-state index contributed by atoms with van der Waals surface area (Å²) in [5.74, 6) is 0.153. The van der Waals surface area contributed by atoms with Gasteiger partial charge in [-0.2, -0.15) is 0 Å². The van der Waals surface area contributed by atoms with Crippen molar-refractivity contribution in [1.82, 2.24) is 14.9 Å². The number of anilines is 2. The second-order valence-corrected chi connectivity index (χ2v) is 12.0. The van der Waals surface area contributed by atoms with Crippen LogP contribution in [0.3, 0.4) is 0 Å². The van der Waals surface area contributed by atoms with E-state index in [2.05, 4.69) is 33.8 Å². The third-order valence-corrected chi connectivity index (χ3v) is 8.43. The maximum absolute atomic E-state index is 13.2. The summed E-state index contributed by atoms with van der Waals surface area (Å²) < 4.78 is 27.1. The molecule has 36 heavy (non-hydrogen) atoms. The van der Waals surface area contributed by atoms with Gasteiger partial charge in [0.1, 0.15) is 0 Å². The first-order valence-electron chi connectivity index (χ1n) is 12.2. The first-order valence-corrected chi connectivity index (χ1v) is 14.1. The lowest BCUT2D eigenvalue weighted by Gasteiger charge is -2.37. The number of sulfonamides is 1. The molecule has 1 aromatic carbocycles. The van der Waals surface area contributed by atoms with E-state index >= 15 is 0 Å². The van der Waals surface area contributed by atoms with Crippen LogP contribution in [0.2, 0.25) is 0 Å². The summed E-state index contributed by atoms with van der Waals surface area (Å²) in [6, 6.07) is 7.88. The van der Waals surface area contributed by atoms with Gasteiger partial charge in [0.25, 0.3) is 0 Å². The van der Waals surface area contributed by atoms with Gasteiger partial charge in [-0.15, -0.1) is 0 Å². The zero-order valence-corrected chi connectivity index (χ0v) is 21.5. The van der Waals surface area contributed by atoms with Gasteiger partial charge in [-0.3, -0.25) is 19.5 Å². The van der Waals surface area contributed by atoms with Crippen molar-refractivity contribution in [2.75, 3.05) is 43.1 Å². The van der Waals surface area contributed by atoms with Crippen molar-refractivity contribution in [3.05, 3.63) is 54.0 Å². The maximum atomic E-state index is 13.2. The summed E-state index contributed by atoms with van der Waals surface area (Å²) in [4.78, 5) is 26.5. The molecule has 1 saturated carbocycles. The van der Waals surface area contributed by atoms with E-state index in [0.29, 0.717) is 11.4 Å². The van der Waals surface area contributed by atoms with E-state index in [4.69, 9.17) is 4.98 Å². The first kappa shape index (κ1) is 23.1. The molecule has 0 unspecified atom stereocenters. The van der Waals surface area contributed by atoms with E-state index in [1.54, 1.807) is 11.1 Å². The Labute approximate surface area is 211 Å². The molecule has 0 atom stereocenters. The van der Waals surface area contributed by atoms with Crippen molar-refractivity contribution in [2.45, 2.75) is 31.1 Å². The van der Waals surface area contributed by atoms with Crippen molar-refractivity contribution in [3.63, 3.8) is 0 Å². The van der Waals surface area contributed by atoms with E-state index < -0.39 is 15.4 Å². The number of carbonyl (C=O) groups excluding carboxylic acids is 1. The fourth-order valence-electron chi connectivity index (χ4n) is 5.79. The highest BCUT2D eigenvalue weighted by molar-refractivity contribution is 7.92. The predicted octanol–water partition coefficient (Wildman–Crippen LogP) is 3.79. The van der Waals surface area contributed by atoms with Crippen LogP contribution < -0.4 is 9.62 Å². The number of amides is 1. The predicted molar refractivity (Wildman–Crippen MR) is 142 cm³/mol. The minimum atomic E-state index is -3.49. The Hall–Kier alpha value is -3.30. The van der Waals surface area contributed by atoms with Crippen LogP contribution in [-0.2, 0) is 20.2 Å². The highest BCUT2D eigenvalue weighted by atomic mass is 32.2.